The van der Waals surface area contributed by atoms with Crippen LogP contribution in [-0.4, -0.2) is 6.04 Å². The summed E-state index contributed by atoms with van der Waals surface area (Å²) in [7, 11) is 0. The van der Waals surface area contributed by atoms with Gasteiger partial charge in [0, 0.05) is 12.1 Å². The molecule has 2 atom stereocenters. The zero-order valence-electron chi connectivity index (χ0n) is 13.2. The molecule has 0 amide bonds. The number of hydrogen-bond acceptors (Lipinski definition) is 1. The summed E-state index contributed by atoms with van der Waals surface area (Å²) in [6.07, 6.45) is 5.44. The summed E-state index contributed by atoms with van der Waals surface area (Å²) in [6, 6.07) is 7.99. The second-order valence-electron chi connectivity index (χ2n) is 7.10. The van der Waals surface area contributed by atoms with Crippen LogP contribution < -0.4 is 5.32 Å². The number of nitrogens with one attached hydrogen (secondary N) is 1. The van der Waals surface area contributed by atoms with Gasteiger partial charge in [0.15, 0.2) is 0 Å². The lowest BCUT2D eigenvalue weighted by Gasteiger charge is -2.41. The molecule has 2 rings (SSSR count). The van der Waals surface area contributed by atoms with Crippen molar-refractivity contribution in [2.24, 2.45) is 5.41 Å². The quantitative estimate of drug-likeness (QED) is 0.812. The van der Waals surface area contributed by atoms with Crippen LogP contribution in [0.1, 0.15) is 69.2 Å². The Morgan fingerprint density at radius 1 is 1.11 bits per heavy atom. The van der Waals surface area contributed by atoms with E-state index < -0.39 is 0 Å². The topological polar surface area (TPSA) is 12.0 Å². The van der Waals surface area contributed by atoms with Crippen LogP contribution in [0.25, 0.3) is 0 Å². The summed E-state index contributed by atoms with van der Waals surface area (Å²) >= 11 is 0. The van der Waals surface area contributed by atoms with Crippen molar-refractivity contribution in [3.05, 3.63) is 34.9 Å². The van der Waals surface area contributed by atoms with E-state index in [1.165, 1.54) is 42.4 Å². The monoisotopic (exact) mass is 259 g/mol. The van der Waals surface area contributed by atoms with Crippen molar-refractivity contribution in [2.75, 3.05) is 0 Å². The van der Waals surface area contributed by atoms with Crippen molar-refractivity contribution < 1.29 is 0 Å². The number of rotatable bonds is 3. The standard InChI is InChI=1S/C18H29N/c1-13-10-14(2)12-16(11-13)15(3)19-17-8-6-7-9-18(17,4)5/h10-12,15,17,19H,6-9H2,1-5H3. The van der Waals surface area contributed by atoms with Gasteiger partial charge in [0.1, 0.15) is 0 Å². The molecule has 1 aromatic rings. The van der Waals surface area contributed by atoms with E-state index >= 15 is 0 Å². The van der Waals surface area contributed by atoms with Gasteiger partial charge < -0.3 is 5.32 Å². The van der Waals surface area contributed by atoms with E-state index in [1.807, 2.05) is 0 Å². The van der Waals surface area contributed by atoms with E-state index in [4.69, 9.17) is 0 Å². The van der Waals surface area contributed by atoms with Crippen molar-refractivity contribution >= 4 is 0 Å². The maximum Gasteiger partial charge on any atom is 0.0294 e. The van der Waals surface area contributed by atoms with Crippen LogP contribution >= 0.6 is 0 Å². The predicted molar refractivity (Wildman–Crippen MR) is 83.5 cm³/mol. The molecule has 1 aliphatic rings. The fraction of sp³-hybridized carbons (Fsp3) is 0.667. The van der Waals surface area contributed by atoms with Crippen LogP contribution in [0.2, 0.25) is 0 Å². The average molecular weight is 259 g/mol. The van der Waals surface area contributed by atoms with Crippen molar-refractivity contribution in [1.82, 2.24) is 5.32 Å². The Morgan fingerprint density at radius 3 is 2.32 bits per heavy atom. The lowest BCUT2D eigenvalue weighted by Crippen LogP contribution is -2.45. The van der Waals surface area contributed by atoms with Crippen molar-refractivity contribution in [3.8, 4) is 0 Å². The Hall–Kier alpha value is -0.820. The largest absolute Gasteiger partial charge is 0.307 e. The minimum absolute atomic E-state index is 0.436. The molecule has 19 heavy (non-hydrogen) atoms. The Morgan fingerprint density at radius 2 is 1.74 bits per heavy atom. The third kappa shape index (κ3) is 3.60. The van der Waals surface area contributed by atoms with E-state index in [2.05, 4.69) is 58.1 Å². The number of hydrogen-bond donors (Lipinski definition) is 1. The fourth-order valence-corrected chi connectivity index (χ4v) is 3.46. The second-order valence-corrected chi connectivity index (χ2v) is 7.10. The minimum Gasteiger partial charge on any atom is -0.307 e. The third-order valence-electron chi connectivity index (χ3n) is 4.70. The molecular weight excluding hydrogens is 230 g/mol. The maximum atomic E-state index is 3.88. The molecule has 1 fully saturated rings. The van der Waals surface area contributed by atoms with Crippen molar-refractivity contribution in [3.63, 3.8) is 0 Å². The van der Waals surface area contributed by atoms with Gasteiger partial charge in [-0.2, -0.15) is 0 Å². The predicted octanol–water partition coefficient (Wildman–Crippen LogP) is 4.92. The molecule has 0 radical (unpaired) electrons. The lowest BCUT2D eigenvalue weighted by molar-refractivity contribution is 0.157. The van der Waals surface area contributed by atoms with Crippen LogP contribution in [0, 0.1) is 19.3 Å². The van der Waals surface area contributed by atoms with Crippen LogP contribution in [0.15, 0.2) is 18.2 Å². The van der Waals surface area contributed by atoms with Gasteiger partial charge in [-0.25, -0.2) is 0 Å². The van der Waals surface area contributed by atoms with E-state index in [1.54, 1.807) is 0 Å². The van der Waals surface area contributed by atoms with Crippen molar-refractivity contribution in [1.29, 1.82) is 0 Å². The van der Waals surface area contributed by atoms with Crippen LogP contribution in [0.3, 0.4) is 0 Å². The Kier molecular flexibility index (Phi) is 4.35. The summed E-state index contributed by atoms with van der Waals surface area (Å²) in [5.41, 5.74) is 4.60. The van der Waals surface area contributed by atoms with Gasteiger partial charge in [0.25, 0.3) is 0 Å². The molecule has 0 bridgehead atoms. The smallest absolute Gasteiger partial charge is 0.0294 e. The Balaban J connectivity index is 2.09. The number of benzene rings is 1. The molecule has 1 nitrogen and oxygen atoms in total. The SMILES string of the molecule is Cc1cc(C)cc(C(C)NC2CCCCC2(C)C)c1. The first-order valence-corrected chi connectivity index (χ1v) is 7.73. The molecule has 1 aromatic carbocycles. The molecule has 0 aromatic heterocycles. The van der Waals surface area contributed by atoms with Gasteiger partial charge >= 0.3 is 0 Å². The molecule has 0 aliphatic heterocycles. The van der Waals surface area contributed by atoms with E-state index in [0.29, 0.717) is 17.5 Å². The molecule has 0 spiro atoms. The molecule has 106 valence electrons. The van der Waals surface area contributed by atoms with Crippen LogP contribution in [-0.2, 0) is 0 Å². The zero-order valence-corrected chi connectivity index (χ0v) is 13.2. The van der Waals surface area contributed by atoms with E-state index in [0.717, 1.165) is 0 Å². The normalized spacial score (nSPS) is 24.2. The zero-order chi connectivity index (χ0) is 14.0. The third-order valence-corrected chi connectivity index (χ3v) is 4.70. The highest BCUT2D eigenvalue weighted by Gasteiger charge is 2.32. The van der Waals surface area contributed by atoms with Gasteiger partial charge in [-0.1, -0.05) is 56.0 Å². The van der Waals surface area contributed by atoms with Gasteiger partial charge in [0.2, 0.25) is 0 Å². The summed E-state index contributed by atoms with van der Waals surface area (Å²) in [4.78, 5) is 0. The Labute approximate surface area is 118 Å². The lowest BCUT2D eigenvalue weighted by atomic mass is 9.73. The first kappa shape index (κ1) is 14.6. The van der Waals surface area contributed by atoms with Crippen molar-refractivity contribution in [2.45, 2.75) is 72.4 Å². The molecule has 1 N–H and O–H groups in total. The average Bonchev–Trinajstić information content (AvgIpc) is 2.30. The first-order valence-electron chi connectivity index (χ1n) is 7.73. The number of aryl methyl sites for hydroxylation is 2. The van der Waals surface area contributed by atoms with E-state index in [-0.39, 0.29) is 0 Å². The van der Waals surface area contributed by atoms with Gasteiger partial charge in [-0.05, 0) is 44.6 Å². The summed E-state index contributed by atoms with van der Waals surface area (Å²) in [6.45, 7) is 11.5. The fourth-order valence-electron chi connectivity index (χ4n) is 3.46. The van der Waals surface area contributed by atoms with Crippen LogP contribution in [0.5, 0.6) is 0 Å². The molecular formula is C18H29N. The molecule has 1 heteroatoms. The van der Waals surface area contributed by atoms with Gasteiger partial charge in [-0.15, -0.1) is 0 Å². The highest BCUT2D eigenvalue weighted by molar-refractivity contribution is 5.30. The highest BCUT2D eigenvalue weighted by Crippen LogP contribution is 2.36. The van der Waals surface area contributed by atoms with Crippen LogP contribution in [0.4, 0.5) is 0 Å². The van der Waals surface area contributed by atoms with E-state index in [9.17, 15) is 0 Å². The first-order chi connectivity index (χ1) is 8.88. The summed E-state index contributed by atoms with van der Waals surface area (Å²) < 4.78 is 0. The van der Waals surface area contributed by atoms with Gasteiger partial charge in [-0.3, -0.25) is 0 Å². The maximum absolute atomic E-state index is 3.88. The minimum atomic E-state index is 0.436. The molecule has 1 saturated carbocycles. The molecule has 2 unspecified atom stereocenters. The molecule has 0 heterocycles. The Bertz CT molecular complexity index is 413. The molecule has 1 aliphatic carbocycles. The highest BCUT2D eigenvalue weighted by atomic mass is 15.0. The van der Waals surface area contributed by atoms with Gasteiger partial charge in [0.05, 0.1) is 0 Å². The summed E-state index contributed by atoms with van der Waals surface area (Å²) in [5, 5.41) is 3.88. The molecule has 0 saturated heterocycles. The second kappa shape index (κ2) is 5.66. The summed E-state index contributed by atoms with van der Waals surface area (Å²) in [5.74, 6) is 0.